The second-order valence-electron chi connectivity index (χ2n) is 4.91. The standard InChI is InChI=1S/C14H18N4O3/c1-2-11-14(21)17-13(20)8-18(11)7-12(19)16-10-5-3-9(15)4-6-10/h3-6,11H,2,7-8,15H2,1H3,(H,16,19)(H,17,20,21). The van der Waals surface area contributed by atoms with E-state index in [0.29, 0.717) is 17.8 Å². The molecule has 1 unspecified atom stereocenters. The van der Waals surface area contributed by atoms with Crippen LogP contribution in [-0.2, 0) is 14.4 Å². The number of imide groups is 1. The zero-order valence-corrected chi connectivity index (χ0v) is 11.8. The Bertz CT molecular complexity index is 556. The quantitative estimate of drug-likeness (QED) is 0.532. The Morgan fingerprint density at radius 3 is 2.67 bits per heavy atom. The summed E-state index contributed by atoms with van der Waals surface area (Å²) in [6.07, 6.45) is 0.536. The summed E-state index contributed by atoms with van der Waals surface area (Å²) in [5.41, 5.74) is 6.80. The number of piperazine rings is 1. The zero-order valence-electron chi connectivity index (χ0n) is 11.8. The maximum absolute atomic E-state index is 12.0. The summed E-state index contributed by atoms with van der Waals surface area (Å²) in [5, 5.41) is 4.99. The molecule has 1 atom stereocenters. The highest BCUT2D eigenvalue weighted by Crippen LogP contribution is 2.12. The molecule has 4 N–H and O–H groups in total. The summed E-state index contributed by atoms with van der Waals surface area (Å²) in [5.74, 6) is -1.01. The number of benzene rings is 1. The van der Waals surface area contributed by atoms with Crippen molar-refractivity contribution >= 4 is 29.1 Å². The molecular weight excluding hydrogens is 272 g/mol. The molecule has 1 aromatic carbocycles. The third-order valence-corrected chi connectivity index (χ3v) is 3.28. The van der Waals surface area contributed by atoms with Crippen molar-refractivity contribution in [3.8, 4) is 0 Å². The monoisotopic (exact) mass is 290 g/mol. The second kappa shape index (κ2) is 6.36. The number of hydrogen-bond acceptors (Lipinski definition) is 5. The van der Waals surface area contributed by atoms with Crippen molar-refractivity contribution in [3.63, 3.8) is 0 Å². The minimum atomic E-state index is -0.458. The first-order valence-electron chi connectivity index (χ1n) is 6.72. The molecule has 1 saturated heterocycles. The molecule has 3 amide bonds. The van der Waals surface area contributed by atoms with E-state index in [1.807, 2.05) is 6.92 Å². The lowest BCUT2D eigenvalue weighted by molar-refractivity contribution is -0.140. The maximum Gasteiger partial charge on any atom is 0.243 e. The topological polar surface area (TPSA) is 105 Å². The van der Waals surface area contributed by atoms with Crippen LogP contribution in [0.3, 0.4) is 0 Å². The van der Waals surface area contributed by atoms with E-state index in [4.69, 9.17) is 5.73 Å². The first kappa shape index (κ1) is 15.0. The van der Waals surface area contributed by atoms with E-state index >= 15 is 0 Å². The van der Waals surface area contributed by atoms with E-state index in [0.717, 1.165) is 0 Å². The first-order chi connectivity index (χ1) is 9.99. The lowest BCUT2D eigenvalue weighted by atomic mass is 10.1. The molecule has 0 radical (unpaired) electrons. The minimum absolute atomic E-state index is 0.0119. The number of amides is 3. The molecule has 0 aromatic heterocycles. The van der Waals surface area contributed by atoms with Crippen LogP contribution in [0.15, 0.2) is 24.3 Å². The zero-order chi connectivity index (χ0) is 15.4. The van der Waals surface area contributed by atoms with Gasteiger partial charge in [-0.2, -0.15) is 0 Å². The van der Waals surface area contributed by atoms with Crippen molar-refractivity contribution in [3.05, 3.63) is 24.3 Å². The molecule has 0 saturated carbocycles. The second-order valence-corrected chi connectivity index (χ2v) is 4.91. The fourth-order valence-electron chi connectivity index (χ4n) is 2.28. The van der Waals surface area contributed by atoms with Gasteiger partial charge in [-0.1, -0.05) is 6.92 Å². The Morgan fingerprint density at radius 2 is 2.05 bits per heavy atom. The molecule has 7 nitrogen and oxygen atoms in total. The molecule has 21 heavy (non-hydrogen) atoms. The molecule has 0 spiro atoms. The Morgan fingerprint density at radius 1 is 1.38 bits per heavy atom. The summed E-state index contributed by atoms with van der Waals surface area (Å²) >= 11 is 0. The van der Waals surface area contributed by atoms with Gasteiger partial charge in [0.25, 0.3) is 0 Å². The van der Waals surface area contributed by atoms with Crippen molar-refractivity contribution in [2.45, 2.75) is 19.4 Å². The lowest BCUT2D eigenvalue weighted by Gasteiger charge is -2.32. The largest absolute Gasteiger partial charge is 0.399 e. The predicted molar refractivity (Wildman–Crippen MR) is 78.3 cm³/mol. The van der Waals surface area contributed by atoms with Crippen LogP contribution in [0, 0.1) is 0 Å². The van der Waals surface area contributed by atoms with E-state index in [2.05, 4.69) is 10.6 Å². The van der Waals surface area contributed by atoms with Crippen LogP contribution in [0.4, 0.5) is 11.4 Å². The number of nitrogens with zero attached hydrogens (tertiary/aromatic N) is 1. The van der Waals surface area contributed by atoms with Gasteiger partial charge in [-0.05, 0) is 30.7 Å². The number of nitrogens with one attached hydrogen (secondary N) is 2. The molecule has 2 rings (SSSR count). The Labute approximate surface area is 122 Å². The predicted octanol–water partition coefficient (Wildman–Crippen LogP) is -0.0557. The highest BCUT2D eigenvalue weighted by molar-refractivity contribution is 6.02. The van der Waals surface area contributed by atoms with Crippen LogP contribution in [0.2, 0.25) is 0 Å². The van der Waals surface area contributed by atoms with Crippen molar-refractivity contribution in [1.82, 2.24) is 10.2 Å². The van der Waals surface area contributed by atoms with Gasteiger partial charge in [0.15, 0.2) is 0 Å². The molecule has 0 aliphatic carbocycles. The number of carbonyl (C=O) groups excluding carboxylic acids is 3. The minimum Gasteiger partial charge on any atom is -0.399 e. The number of anilines is 2. The smallest absolute Gasteiger partial charge is 0.243 e. The summed E-state index contributed by atoms with van der Waals surface area (Å²) < 4.78 is 0. The molecule has 112 valence electrons. The summed E-state index contributed by atoms with van der Waals surface area (Å²) in [4.78, 5) is 36.7. The first-order valence-corrected chi connectivity index (χ1v) is 6.72. The van der Waals surface area contributed by atoms with Crippen LogP contribution in [-0.4, -0.2) is 41.8 Å². The van der Waals surface area contributed by atoms with E-state index in [1.165, 1.54) is 0 Å². The molecular formula is C14H18N4O3. The van der Waals surface area contributed by atoms with Crippen molar-refractivity contribution in [1.29, 1.82) is 0 Å². The van der Waals surface area contributed by atoms with Gasteiger partial charge >= 0.3 is 0 Å². The van der Waals surface area contributed by atoms with E-state index in [1.54, 1.807) is 29.2 Å². The molecule has 1 aliphatic rings. The number of nitrogen functional groups attached to an aromatic ring is 1. The number of carbonyl (C=O) groups is 3. The van der Waals surface area contributed by atoms with Gasteiger partial charge < -0.3 is 11.1 Å². The van der Waals surface area contributed by atoms with Crippen LogP contribution in [0.1, 0.15) is 13.3 Å². The number of hydrogen-bond donors (Lipinski definition) is 3. The fourth-order valence-corrected chi connectivity index (χ4v) is 2.28. The molecule has 1 heterocycles. The van der Waals surface area contributed by atoms with Gasteiger partial charge in [-0.25, -0.2) is 0 Å². The Hall–Kier alpha value is -2.41. The van der Waals surface area contributed by atoms with Gasteiger partial charge in [0.05, 0.1) is 19.1 Å². The van der Waals surface area contributed by atoms with E-state index in [9.17, 15) is 14.4 Å². The van der Waals surface area contributed by atoms with Gasteiger partial charge in [-0.3, -0.25) is 24.6 Å². The van der Waals surface area contributed by atoms with E-state index in [-0.39, 0.29) is 30.8 Å². The maximum atomic E-state index is 12.0. The van der Waals surface area contributed by atoms with Gasteiger partial charge in [-0.15, -0.1) is 0 Å². The van der Waals surface area contributed by atoms with Crippen molar-refractivity contribution in [2.24, 2.45) is 0 Å². The summed E-state index contributed by atoms with van der Waals surface area (Å²) in [6, 6.07) is 6.29. The van der Waals surface area contributed by atoms with Gasteiger partial charge in [0.2, 0.25) is 17.7 Å². The normalized spacial score (nSPS) is 19.2. The Kier molecular flexibility index (Phi) is 4.54. The van der Waals surface area contributed by atoms with Crippen LogP contribution < -0.4 is 16.4 Å². The highest BCUT2D eigenvalue weighted by Gasteiger charge is 2.33. The van der Waals surface area contributed by atoms with Crippen LogP contribution in [0.25, 0.3) is 0 Å². The van der Waals surface area contributed by atoms with E-state index < -0.39 is 6.04 Å². The average Bonchev–Trinajstić information content (AvgIpc) is 2.41. The number of rotatable bonds is 4. The lowest BCUT2D eigenvalue weighted by Crippen LogP contribution is -2.59. The molecule has 1 fully saturated rings. The third kappa shape index (κ3) is 3.79. The van der Waals surface area contributed by atoms with Crippen molar-refractivity contribution in [2.75, 3.05) is 24.1 Å². The highest BCUT2D eigenvalue weighted by atomic mass is 16.2. The van der Waals surface area contributed by atoms with Crippen LogP contribution in [0.5, 0.6) is 0 Å². The molecule has 7 heteroatoms. The van der Waals surface area contributed by atoms with Crippen molar-refractivity contribution < 1.29 is 14.4 Å². The molecule has 1 aromatic rings. The summed E-state index contributed by atoms with van der Waals surface area (Å²) in [6.45, 7) is 1.87. The fraction of sp³-hybridized carbons (Fsp3) is 0.357. The molecule has 0 bridgehead atoms. The summed E-state index contributed by atoms with van der Waals surface area (Å²) in [7, 11) is 0. The van der Waals surface area contributed by atoms with Crippen LogP contribution >= 0.6 is 0 Å². The third-order valence-electron chi connectivity index (χ3n) is 3.28. The Balaban J connectivity index is 1.98. The molecule has 1 aliphatic heterocycles. The number of nitrogens with two attached hydrogens (primary N) is 1. The SMILES string of the molecule is CCC1C(=O)NC(=O)CN1CC(=O)Nc1ccc(N)cc1. The average molecular weight is 290 g/mol. The van der Waals surface area contributed by atoms with Gasteiger partial charge in [0.1, 0.15) is 0 Å². The van der Waals surface area contributed by atoms with Gasteiger partial charge in [0, 0.05) is 11.4 Å².